The third kappa shape index (κ3) is 2.16. The zero-order chi connectivity index (χ0) is 14.3. The second kappa shape index (κ2) is 4.56. The molecule has 0 amide bonds. The summed E-state index contributed by atoms with van der Waals surface area (Å²) in [6.45, 7) is 1.90. The van der Waals surface area contributed by atoms with E-state index in [2.05, 4.69) is 10.1 Å². The number of halogens is 1. The van der Waals surface area contributed by atoms with Gasteiger partial charge >= 0.3 is 0 Å². The van der Waals surface area contributed by atoms with Crippen LogP contribution in [0.1, 0.15) is 25.7 Å². The molecule has 1 aromatic heterocycles. The molecule has 0 spiro atoms. The molecule has 1 aromatic carbocycles. The molecule has 3 rings (SSSR count). The monoisotopic (exact) mass is 277 g/mol. The van der Waals surface area contributed by atoms with Gasteiger partial charge in [0, 0.05) is 5.56 Å². The summed E-state index contributed by atoms with van der Waals surface area (Å²) in [5, 5.41) is 3.92. The lowest BCUT2D eigenvalue weighted by Crippen LogP contribution is -2.35. The lowest BCUT2D eigenvalue weighted by Gasteiger charge is -2.18. The lowest BCUT2D eigenvalue weighted by atomic mass is 9.97. The average molecular weight is 277 g/mol. The Morgan fingerprint density at radius 2 is 2.20 bits per heavy atom. The van der Waals surface area contributed by atoms with E-state index in [-0.39, 0.29) is 5.75 Å². The van der Waals surface area contributed by atoms with E-state index in [0.29, 0.717) is 23.2 Å². The van der Waals surface area contributed by atoms with Crippen molar-refractivity contribution in [2.24, 2.45) is 11.7 Å². The van der Waals surface area contributed by atoms with E-state index in [0.717, 1.165) is 12.8 Å². The first-order chi connectivity index (χ1) is 9.52. The third-order valence-electron chi connectivity index (χ3n) is 3.72. The predicted molar refractivity (Wildman–Crippen MR) is 70.5 cm³/mol. The van der Waals surface area contributed by atoms with E-state index < -0.39 is 11.4 Å². The van der Waals surface area contributed by atoms with E-state index in [9.17, 15) is 4.39 Å². The first-order valence-electron chi connectivity index (χ1n) is 6.49. The van der Waals surface area contributed by atoms with E-state index in [1.165, 1.54) is 19.2 Å². The molecule has 1 fully saturated rings. The van der Waals surface area contributed by atoms with Crippen molar-refractivity contribution in [3.8, 4) is 17.1 Å². The summed E-state index contributed by atoms with van der Waals surface area (Å²) in [6.07, 6.45) is 2.16. The van der Waals surface area contributed by atoms with Crippen molar-refractivity contribution in [1.82, 2.24) is 10.1 Å². The molecule has 1 aliphatic carbocycles. The molecule has 0 radical (unpaired) electrons. The fourth-order valence-electron chi connectivity index (χ4n) is 2.22. The van der Waals surface area contributed by atoms with Gasteiger partial charge < -0.3 is 15.0 Å². The Morgan fingerprint density at radius 3 is 2.85 bits per heavy atom. The van der Waals surface area contributed by atoms with Crippen molar-refractivity contribution in [2.45, 2.75) is 25.3 Å². The Bertz CT molecular complexity index is 635. The van der Waals surface area contributed by atoms with Crippen LogP contribution in [0.3, 0.4) is 0 Å². The summed E-state index contributed by atoms with van der Waals surface area (Å²) in [4.78, 5) is 4.34. The van der Waals surface area contributed by atoms with Crippen molar-refractivity contribution in [3.63, 3.8) is 0 Å². The molecule has 2 aromatic rings. The number of benzene rings is 1. The standard InChI is InChI=1S/C14H16FN3O2/c1-14(16,9-4-5-9)13-17-12(18-20-13)8-3-6-10(15)11(7-8)19-2/h3,6-7,9H,4-5,16H2,1-2H3. The summed E-state index contributed by atoms with van der Waals surface area (Å²) in [5.41, 5.74) is 6.26. The summed E-state index contributed by atoms with van der Waals surface area (Å²) < 4.78 is 23.6. The van der Waals surface area contributed by atoms with Crippen LogP contribution in [0.4, 0.5) is 4.39 Å². The highest BCUT2D eigenvalue weighted by Gasteiger charge is 2.43. The molecular formula is C14H16FN3O2. The van der Waals surface area contributed by atoms with E-state index in [1.807, 2.05) is 6.92 Å². The van der Waals surface area contributed by atoms with Gasteiger partial charge in [0.15, 0.2) is 11.6 Å². The number of nitrogens with two attached hydrogens (primary N) is 1. The number of methoxy groups -OCH3 is 1. The number of rotatable bonds is 4. The van der Waals surface area contributed by atoms with Crippen LogP contribution in [0, 0.1) is 11.7 Å². The van der Waals surface area contributed by atoms with Crippen LogP contribution in [-0.2, 0) is 5.54 Å². The Hall–Kier alpha value is -1.95. The van der Waals surface area contributed by atoms with Gasteiger partial charge in [-0.3, -0.25) is 0 Å². The molecule has 6 heteroatoms. The first kappa shape index (κ1) is 13.1. The smallest absolute Gasteiger partial charge is 0.247 e. The SMILES string of the molecule is COc1cc(-c2noc(C(C)(N)C3CC3)n2)ccc1F. The molecule has 20 heavy (non-hydrogen) atoms. The fraction of sp³-hybridized carbons (Fsp3) is 0.429. The molecule has 1 atom stereocenters. The van der Waals surface area contributed by atoms with Gasteiger partial charge in [-0.25, -0.2) is 4.39 Å². The molecular weight excluding hydrogens is 261 g/mol. The Labute approximate surface area is 115 Å². The van der Waals surface area contributed by atoms with Crippen LogP contribution in [0.25, 0.3) is 11.4 Å². The number of hydrogen-bond acceptors (Lipinski definition) is 5. The third-order valence-corrected chi connectivity index (χ3v) is 3.72. The molecule has 1 aliphatic rings. The summed E-state index contributed by atoms with van der Waals surface area (Å²) in [5.74, 6) is 0.903. The molecule has 5 nitrogen and oxygen atoms in total. The van der Waals surface area contributed by atoms with Crippen LogP contribution in [0.5, 0.6) is 5.75 Å². The van der Waals surface area contributed by atoms with Gasteiger partial charge in [-0.1, -0.05) is 5.16 Å². The molecule has 2 N–H and O–H groups in total. The number of ether oxygens (including phenoxy) is 1. The minimum atomic E-state index is -0.602. The molecule has 1 unspecified atom stereocenters. The number of hydrogen-bond donors (Lipinski definition) is 1. The van der Waals surface area contributed by atoms with Crippen LogP contribution in [0.15, 0.2) is 22.7 Å². The van der Waals surface area contributed by atoms with Gasteiger partial charge in [0.1, 0.15) is 0 Å². The normalized spacial score (nSPS) is 17.8. The lowest BCUT2D eigenvalue weighted by molar-refractivity contribution is 0.273. The van der Waals surface area contributed by atoms with Crippen molar-refractivity contribution in [2.75, 3.05) is 7.11 Å². The highest BCUT2D eigenvalue weighted by Crippen LogP contribution is 2.43. The van der Waals surface area contributed by atoms with E-state index >= 15 is 0 Å². The topological polar surface area (TPSA) is 74.2 Å². The van der Waals surface area contributed by atoms with Crippen LogP contribution >= 0.6 is 0 Å². The minimum absolute atomic E-state index is 0.145. The zero-order valence-corrected chi connectivity index (χ0v) is 11.4. The van der Waals surface area contributed by atoms with Crippen LogP contribution < -0.4 is 10.5 Å². The molecule has 1 saturated carbocycles. The van der Waals surface area contributed by atoms with Crippen molar-refractivity contribution < 1.29 is 13.7 Å². The summed E-state index contributed by atoms with van der Waals surface area (Å²) in [7, 11) is 1.41. The first-order valence-corrected chi connectivity index (χ1v) is 6.49. The summed E-state index contributed by atoms with van der Waals surface area (Å²) >= 11 is 0. The maximum absolute atomic E-state index is 13.4. The van der Waals surface area contributed by atoms with Gasteiger partial charge in [0.25, 0.3) is 0 Å². The summed E-state index contributed by atoms with van der Waals surface area (Å²) in [6, 6.07) is 4.43. The van der Waals surface area contributed by atoms with Crippen LogP contribution in [0.2, 0.25) is 0 Å². The van der Waals surface area contributed by atoms with Crippen molar-refractivity contribution in [3.05, 3.63) is 29.9 Å². The average Bonchev–Trinajstić information content (AvgIpc) is 3.18. The number of aromatic nitrogens is 2. The largest absolute Gasteiger partial charge is 0.494 e. The molecule has 106 valence electrons. The fourth-order valence-corrected chi connectivity index (χ4v) is 2.22. The second-order valence-corrected chi connectivity index (χ2v) is 5.33. The van der Waals surface area contributed by atoms with E-state index in [1.54, 1.807) is 6.07 Å². The number of nitrogens with zero attached hydrogens (tertiary/aromatic N) is 2. The predicted octanol–water partition coefficient (Wildman–Crippen LogP) is 2.47. The maximum Gasteiger partial charge on any atom is 0.247 e. The van der Waals surface area contributed by atoms with Gasteiger partial charge in [0.05, 0.1) is 12.6 Å². The quantitative estimate of drug-likeness (QED) is 0.929. The van der Waals surface area contributed by atoms with Gasteiger partial charge in [0.2, 0.25) is 11.7 Å². The Balaban J connectivity index is 1.93. The van der Waals surface area contributed by atoms with Gasteiger partial charge in [-0.15, -0.1) is 0 Å². The molecule has 0 bridgehead atoms. The van der Waals surface area contributed by atoms with E-state index in [4.69, 9.17) is 15.0 Å². The van der Waals surface area contributed by atoms with Crippen LogP contribution in [-0.4, -0.2) is 17.3 Å². The zero-order valence-electron chi connectivity index (χ0n) is 11.4. The molecule has 0 saturated heterocycles. The minimum Gasteiger partial charge on any atom is -0.494 e. The molecule has 1 heterocycles. The Kier molecular flexibility index (Phi) is 2.97. The highest BCUT2D eigenvalue weighted by atomic mass is 19.1. The van der Waals surface area contributed by atoms with Crippen molar-refractivity contribution >= 4 is 0 Å². The highest BCUT2D eigenvalue weighted by molar-refractivity contribution is 5.57. The molecule has 0 aliphatic heterocycles. The Morgan fingerprint density at radius 1 is 1.45 bits per heavy atom. The maximum atomic E-state index is 13.4. The van der Waals surface area contributed by atoms with Gasteiger partial charge in [-0.2, -0.15) is 4.98 Å². The van der Waals surface area contributed by atoms with Gasteiger partial charge in [-0.05, 0) is 43.9 Å². The van der Waals surface area contributed by atoms with Crippen molar-refractivity contribution in [1.29, 1.82) is 0 Å². The second-order valence-electron chi connectivity index (χ2n) is 5.33.